The molecule has 0 atom stereocenters. The molecule has 15 heavy (non-hydrogen) atoms. The molecule has 0 fully saturated rings. The number of halogens is 2. The normalized spacial score (nSPS) is 8.47. The van der Waals surface area contributed by atoms with Crippen molar-refractivity contribution in [3.05, 3.63) is 36.0 Å². The van der Waals surface area contributed by atoms with Crippen molar-refractivity contribution in [1.29, 1.82) is 5.26 Å². The van der Waals surface area contributed by atoms with E-state index in [1.54, 1.807) is 30.5 Å². The van der Waals surface area contributed by atoms with E-state index in [1.807, 2.05) is 0 Å². The number of nitriles is 1. The molecule has 2 aromatic rings. The molecule has 0 unspecified atom stereocenters. The number of hydrogen-bond acceptors (Lipinski definition) is 3. The molecule has 0 aliphatic rings. The van der Waals surface area contributed by atoms with E-state index >= 15 is 0 Å². The van der Waals surface area contributed by atoms with Gasteiger partial charge in [-0.15, -0.1) is 24.8 Å². The maximum absolute atomic E-state index is 8.68. The number of rotatable bonds is 0. The van der Waals surface area contributed by atoms with E-state index in [4.69, 9.17) is 11.0 Å². The highest BCUT2D eigenvalue weighted by Crippen LogP contribution is 2.19. The molecule has 78 valence electrons. The van der Waals surface area contributed by atoms with E-state index in [1.165, 1.54) is 0 Å². The van der Waals surface area contributed by atoms with Crippen LogP contribution in [0, 0.1) is 11.3 Å². The van der Waals surface area contributed by atoms with E-state index in [-0.39, 0.29) is 24.8 Å². The fraction of sp³-hybridized carbons (Fsp3) is 0. The molecule has 2 N–H and O–H groups in total. The van der Waals surface area contributed by atoms with Crippen LogP contribution in [0.5, 0.6) is 0 Å². The number of nitrogens with zero attached hydrogens (tertiary/aromatic N) is 2. The monoisotopic (exact) mass is 241 g/mol. The largest absolute Gasteiger partial charge is 0.398 e. The van der Waals surface area contributed by atoms with E-state index < -0.39 is 0 Å². The van der Waals surface area contributed by atoms with Crippen molar-refractivity contribution in [3.8, 4) is 6.07 Å². The predicted octanol–water partition coefficient (Wildman–Crippen LogP) is 2.53. The molecule has 0 saturated carbocycles. The van der Waals surface area contributed by atoms with Crippen LogP contribution in [0.3, 0.4) is 0 Å². The SMILES string of the molecule is Cl.Cl.N#Cc1ccc2nccc(N)c2c1. The second-order valence-electron chi connectivity index (χ2n) is 2.74. The van der Waals surface area contributed by atoms with E-state index in [0.717, 1.165) is 10.9 Å². The maximum atomic E-state index is 8.68. The van der Waals surface area contributed by atoms with Crippen LogP contribution in [0.1, 0.15) is 5.56 Å². The van der Waals surface area contributed by atoms with Gasteiger partial charge < -0.3 is 5.73 Å². The second-order valence-corrected chi connectivity index (χ2v) is 2.74. The van der Waals surface area contributed by atoms with Crippen LogP contribution in [-0.4, -0.2) is 4.98 Å². The molecule has 0 radical (unpaired) electrons. The minimum atomic E-state index is 0. The summed E-state index contributed by atoms with van der Waals surface area (Å²) < 4.78 is 0. The third kappa shape index (κ3) is 2.50. The fourth-order valence-corrected chi connectivity index (χ4v) is 1.24. The van der Waals surface area contributed by atoms with Gasteiger partial charge in [-0.3, -0.25) is 4.98 Å². The van der Waals surface area contributed by atoms with Crippen LogP contribution in [0.2, 0.25) is 0 Å². The highest BCUT2D eigenvalue weighted by molar-refractivity contribution is 5.90. The lowest BCUT2D eigenvalue weighted by molar-refractivity contribution is 1.41. The summed E-state index contributed by atoms with van der Waals surface area (Å²) in [6.45, 7) is 0. The Kier molecular flexibility index (Phi) is 4.86. The Morgan fingerprint density at radius 2 is 1.93 bits per heavy atom. The van der Waals surface area contributed by atoms with Gasteiger partial charge >= 0.3 is 0 Å². The molecule has 0 aliphatic carbocycles. The summed E-state index contributed by atoms with van der Waals surface area (Å²) in [7, 11) is 0. The van der Waals surface area contributed by atoms with Gasteiger partial charge in [0.15, 0.2) is 0 Å². The van der Waals surface area contributed by atoms with Gasteiger partial charge in [0.2, 0.25) is 0 Å². The first-order chi connectivity index (χ1) is 6.31. The van der Waals surface area contributed by atoms with Gasteiger partial charge in [-0.25, -0.2) is 0 Å². The van der Waals surface area contributed by atoms with Crippen molar-refractivity contribution in [1.82, 2.24) is 4.98 Å². The average molecular weight is 242 g/mol. The van der Waals surface area contributed by atoms with E-state index in [2.05, 4.69) is 11.1 Å². The summed E-state index contributed by atoms with van der Waals surface area (Å²) in [6, 6.07) is 9.06. The highest BCUT2D eigenvalue weighted by Gasteiger charge is 1.99. The predicted molar refractivity (Wildman–Crippen MR) is 65.4 cm³/mol. The van der Waals surface area contributed by atoms with Gasteiger partial charge in [0.25, 0.3) is 0 Å². The average Bonchev–Trinajstić information content (AvgIpc) is 2.18. The van der Waals surface area contributed by atoms with Gasteiger partial charge in [0.05, 0.1) is 17.1 Å². The Morgan fingerprint density at radius 1 is 1.20 bits per heavy atom. The molecule has 1 aromatic carbocycles. The molecule has 0 saturated heterocycles. The molecule has 0 aliphatic heterocycles. The first-order valence-electron chi connectivity index (χ1n) is 3.85. The summed E-state index contributed by atoms with van der Waals surface area (Å²) in [5.41, 5.74) is 7.81. The number of aromatic nitrogens is 1. The van der Waals surface area contributed by atoms with Crippen LogP contribution >= 0.6 is 24.8 Å². The molecule has 2 rings (SSSR count). The van der Waals surface area contributed by atoms with Crippen molar-refractivity contribution in [2.75, 3.05) is 5.73 Å². The number of anilines is 1. The molecule has 1 heterocycles. The Morgan fingerprint density at radius 3 is 2.60 bits per heavy atom. The second kappa shape index (κ2) is 5.40. The smallest absolute Gasteiger partial charge is 0.0991 e. The van der Waals surface area contributed by atoms with Crippen molar-refractivity contribution < 1.29 is 0 Å². The highest BCUT2D eigenvalue weighted by atomic mass is 35.5. The van der Waals surface area contributed by atoms with Gasteiger partial charge in [-0.05, 0) is 24.3 Å². The van der Waals surface area contributed by atoms with Crippen molar-refractivity contribution in [2.24, 2.45) is 0 Å². The van der Waals surface area contributed by atoms with Gasteiger partial charge in [-0.1, -0.05) is 0 Å². The number of fused-ring (bicyclic) bond motifs is 1. The molecule has 0 bridgehead atoms. The summed E-state index contributed by atoms with van der Waals surface area (Å²) in [4.78, 5) is 4.13. The zero-order valence-electron chi connectivity index (χ0n) is 7.68. The minimum absolute atomic E-state index is 0. The van der Waals surface area contributed by atoms with Crippen molar-refractivity contribution >= 4 is 41.4 Å². The molecule has 3 nitrogen and oxygen atoms in total. The van der Waals surface area contributed by atoms with Crippen molar-refractivity contribution in [2.45, 2.75) is 0 Å². The van der Waals surface area contributed by atoms with Crippen LogP contribution in [0.4, 0.5) is 5.69 Å². The number of hydrogen-bond donors (Lipinski definition) is 1. The Labute approximate surface area is 99.7 Å². The third-order valence-corrected chi connectivity index (χ3v) is 1.90. The lowest BCUT2D eigenvalue weighted by Gasteiger charge is -1.99. The van der Waals surface area contributed by atoms with Gasteiger partial charge in [0.1, 0.15) is 0 Å². The molecule has 5 heteroatoms. The van der Waals surface area contributed by atoms with Crippen LogP contribution in [-0.2, 0) is 0 Å². The van der Waals surface area contributed by atoms with Crippen LogP contribution in [0.15, 0.2) is 30.5 Å². The maximum Gasteiger partial charge on any atom is 0.0991 e. The van der Waals surface area contributed by atoms with Gasteiger partial charge in [-0.2, -0.15) is 5.26 Å². The Balaban J connectivity index is 0.000000980. The number of nitrogen functional groups attached to an aromatic ring is 1. The van der Waals surface area contributed by atoms with Crippen LogP contribution in [0.25, 0.3) is 10.9 Å². The molecule has 0 amide bonds. The minimum Gasteiger partial charge on any atom is -0.398 e. The quantitative estimate of drug-likeness (QED) is 0.772. The molecular weight excluding hydrogens is 233 g/mol. The molecule has 0 spiro atoms. The first-order valence-corrected chi connectivity index (χ1v) is 3.85. The summed E-state index contributed by atoms with van der Waals surface area (Å²) >= 11 is 0. The third-order valence-electron chi connectivity index (χ3n) is 1.90. The Bertz CT molecular complexity index is 505. The zero-order valence-corrected chi connectivity index (χ0v) is 9.31. The van der Waals surface area contributed by atoms with Crippen LogP contribution < -0.4 is 5.73 Å². The standard InChI is InChI=1S/C10H7N3.2ClH/c11-6-7-1-2-10-8(5-7)9(12)3-4-13-10;;/h1-5H,(H2,12,13);2*1H. The topological polar surface area (TPSA) is 62.7 Å². The Hall–Kier alpha value is -1.50. The number of nitrogens with two attached hydrogens (primary N) is 1. The van der Waals surface area contributed by atoms with E-state index in [0.29, 0.717) is 11.3 Å². The summed E-state index contributed by atoms with van der Waals surface area (Å²) in [5, 5.41) is 9.51. The lowest BCUT2D eigenvalue weighted by atomic mass is 10.1. The zero-order chi connectivity index (χ0) is 9.26. The van der Waals surface area contributed by atoms with Crippen molar-refractivity contribution in [3.63, 3.8) is 0 Å². The molecule has 1 aromatic heterocycles. The van der Waals surface area contributed by atoms with E-state index in [9.17, 15) is 0 Å². The van der Waals surface area contributed by atoms with Gasteiger partial charge in [0, 0.05) is 17.3 Å². The molecular formula is C10H9Cl2N3. The summed E-state index contributed by atoms with van der Waals surface area (Å²) in [5.74, 6) is 0. The summed E-state index contributed by atoms with van der Waals surface area (Å²) in [6.07, 6.45) is 1.66. The number of pyridine rings is 1. The number of benzene rings is 1. The first kappa shape index (κ1) is 13.5. The fourth-order valence-electron chi connectivity index (χ4n) is 1.24. The lowest BCUT2D eigenvalue weighted by Crippen LogP contribution is -1.88.